The second kappa shape index (κ2) is 5.77. The molecule has 0 aromatic heterocycles. The molecule has 0 spiro atoms. The van der Waals surface area contributed by atoms with Crippen LogP contribution < -0.4 is 5.32 Å². The minimum absolute atomic E-state index is 0.838. The van der Waals surface area contributed by atoms with E-state index in [0.717, 1.165) is 17.1 Å². The maximum absolute atomic E-state index is 6.18. The van der Waals surface area contributed by atoms with Crippen LogP contribution in [0.2, 0.25) is 5.02 Å². The third-order valence-electron chi connectivity index (χ3n) is 3.48. The molecule has 0 amide bonds. The summed E-state index contributed by atoms with van der Waals surface area (Å²) in [4.78, 5) is 0. The Kier molecular flexibility index (Phi) is 4.28. The molecule has 0 aliphatic heterocycles. The van der Waals surface area contributed by atoms with Crippen LogP contribution >= 0.6 is 11.6 Å². The Labute approximate surface area is 120 Å². The van der Waals surface area contributed by atoms with E-state index in [4.69, 9.17) is 11.6 Å². The van der Waals surface area contributed by atoms with Crippen LogP contribution in [0.25, 0.3) is 11.1 Å². The summed E-state index contributed by atoms with van der Waals surface area (Å²) in [6.07, 6.45) is 0. The first-order valence-electron chi connectivity index (χ1n) is 6.54. The van der Waals surface area contributed by atoms with Gasteiger partial charge in [-0.25, -0.2) is 0 Å². The molecule has 2 aromatic carbocycles. The maximum Gasteiger partial charge on any atom is 0.0438 e. The third-order valence-corrected chi connectivity index (χ3v) is 3.89. The topological polar surface area (TPSA) is 12.0 Å². The predicted octanol–water partition coefficient (Wildman–Crippen LogP) is 4.65. The SMILES string of the molecule is CNCc1ccc(C)c(-c2cc(C)c(Cl)cc2C)c1. The van der Waals surface area contributed by atoms with Gasteiger partial charge in [-0.15, -0.1) is 0 Å². The molecule has 0 bridgehead atoms. The van der Waals surface area contributed by atoms with E-state index in [-0.39, 0.29) is 0 Å². The average Bonchev–Trinajstić information content (AvgIpc) is 2.37. The first kappa shape index (κ1) is 14.1. The average molecular weight is 274 g/mol. The van der Waals surface area contributed by atoms with Gasteiger partial charge in [0, 0.05) is 11.6 Å². The Morgan fingerprint density at radius 3 is 2.26 bits per heavy atom. The minimum atomic E-state index is 0.838. The van der Waals surface area contributed by atoms with Gasteiger partial charge in [-0.05, 0) is 79.4 Å². The van der Waals surface area contributed by atoms with Crippen LogP contribution in [0.1, 0.15) is 22.3 Å². The molecule has 2 aromatic rings. The number of benzene rings is 2. The van der Waals surface area contributed by atoms with Gasteiger partial charge in [0.05, 0.1) is 0 Å². The van der Waals surface area contributed by atoms with Gasteiger partial charge in [0.25, 0.3) is 0 Å². The third kappa shape index (κ3) is 2.99. The minimum Gasteiger partial charge on any atom is -0.316 e. The molecule has 0 saturated heterocycles. The Bertz CT molecular complexity index is 602. The van der Waals surface area contributed by atoms with E-state index in [9.17, 15) is 0 Å². The van der Waals surface area contributed by atoms with Crippen LogP contribution in [-0.4, -0.2) is 7.05 Å². The Balaban J connectivity index is 2.57. The van der Waals surface area contributed by atoms with E-state index in [1.54, 1.807) is 0 Å². The number of halogens is 1. The molecule has 2 rings (SSSR count). The van der Waals surface area contributed by atoms with Crippen molar-refractivity contribution in [3.63, 3.8) is 0 Å². The lowest BCUT2D eigenvalue weighted by Crippen LogP contribution is -2.05. The lowest BCUT2D eigenvalue weighted by atomic mass is 9.93. The zero-order valence-corrected chi connectivity index (χ0v) is 12.7. The van der Waals surface area contributed by atoms with Gasteiger partial charge in [-0.1, -0.05) is 23.7 Å². The van der Waals surface area contributed by atoms with E-state index in [1.807, 2.05) is 7.05 Å². The molecule has 0 atom stereocenters. The standard InChI is InChI=1S/C17H20ClN/c1-11-5-6-14(10-19-4)9-16(11)15-7-13(3)17(18)8-12(15)2/h5-9,19H,10H2,1-4H3. The van der Waals surface area contributed by atoms with Crippen LogP contribution in [0.15, 0.2) is 30.3 Å². The van der Waals surface area contributed by atoms with Gasteiger partial charge >= 0.3 is 0 Å². The second-order valence-electron chi connectivity index (χ2n) is 5.10. The van der Waals surface area contributed by atoms with Crippen LogP contribution in [0.5, 0.6) is 0 Å². The molecule has 1 N–H and O–H groups in total. The van der Waals surface area contributed by atoms with Crippen molar-refractivity contribution in [2.75, 3.05) is 7.05 Å². The van der Waals surface area contributed by atoms with Crippen molar-refractivity contribution in [2.24, 2.45) is 0 Å². The van der Waals surface area contributed by atoms with Gasteiger partial charge in [-0.3, -0.25) is 0 Å². The molecule has 19 heavy (non-hydrogen) atoms. The smallest absolute Gasteiger partial charge is 0.0438 e. The lowest BCUT2D eigenvalue weighted by Gasteiger charge is -2.13. The Morgan fingerprint density at radius 2 is 1.58 bits per heavy atom. The van der Waals surface area contributed by atoms with E-state index in [2.05, 4.69) is 56.4 Å². The van der Waals surface area contributed by atoms with Crippen LogP contribution in [0.4, 0.5) is 0 Å². The van der Waals surface area contributed by atoms with Gasteiger partial charge in [0.15, 0.2) is 0 Å². The molecule has 100 valence electrons. The number of nitrogens with one attached hydrogen (secondary N) is 1. The zero-order chi connectivity index (χ0) is 14.0. The van der Waals surface area contributed by atoms with E-state index >= 15 is 0 Å². The monoisotopic (exact) mass is 273 g/mol. The molecule has 0 radical (unpaired) electrons. The van der Waals surface area contributed by atoms with Crippen molar-refractivity contribution in [3.8, 4) is 11.1 Å². The van der Waals surface area contributed by atoms with Gasteiger partial charge < -0.3 is 5.32 Å². The summed E-state index contributed by atoms with van der Waals surface area (Å²) in [5.41, 5.74) is 7.52. The highest BCUT2D eigenvalue weighted by Crippen LogP contribution is 2.31. The molecular weight excluding hydrogens is 254 g/mol. The van der Waals surface area contributed by atoms with Crippen LogP contribution in [0.3, 0.4) is 0 Å². The highest BCUT2D eigenvalue weighted by Gasteiger charge is 2.08. The maximum atomic E-state index is 6.18. The van der Waals surface area contributed by atoms with Gasteiger partial charge in [0.1, 0.15) is 0 Å². The lowest BCUT2D eigenvalue weighted by molar-refractivity contribution is 0.818. The summed E-state index contributed by atoms with van der Waals surface area (Å²) in [5.74, 6) is 0. The van der Waals surface area contributed by atoms with Crippen molar-refractivity contribution in [3.05, 3.63) is 57.6 Å². The molecule has 0 unspecified atom stereocenters. The summed E-state index contributed by atoms with van der Waals surface area (Å²) in [7, 11) is 1.97. The summed E-state index contributed by atoms with van der Waals surface area (Å²) in [6.45, 7) is 7.21. The zero-order valence-electron chi connectivity index (χ0n) is 12.0. The first-order chi connectivity index (χ1) is 9.02. The van der Waals surface area contributed by atoms with Crippen molar-refractivity contribution < 1.29 is 0 Å². The van der Waals surface area contributed by atoms with E-state index in [0.29, 0.717) is 0 Å². The highest BCUT2D eigenvalue weighted by atomic mass is 35.5. The Morgan fingerprint density at radius 1 is 0.895 bits per heavy atom. The summed E-state index contributed by atoms with van der Waals surface area (Å²) < 4.78 is 0. The fourth-order valence-corrected chi connectivity index (χ4v) is 2.56. The second-order valence-corrected chi connectivity index (χ2v) is 5.50. The molecule has 0 fully saturated rings. The number of hydrogen-bond donors (Lipinski definition) is 1. The largest absolute Gasteiger partial charge is 0.316 e. The first-order valence-corrected chi connectivity index (χ1v) is 6.92. The molecular formula is C17H20ClN. The number of hydrogen-bond acceptors (Lipinski definition) is 1. The van der Waals surface area contributed by atoms with Gasteiger partial charge in [0.2, 0.25) is 0 Å². The Hall–Kier alpha value is -1.31. The van der Waals surface area contributed by atoms with E-state index < -0.39 is 0 Å². The normalized spacial score (nSPS) is 10.8. The fourth-order valence-electron chi connectivity index (χ4n) is 2.34. The summed E-state index contributed by atoms with van der Waals surface area (Å²) in [6, 6.07) is 10.9. The highest BCUT2D eigenvalue weighted by molar-refractivity contribution is 6.31. The van der Waals surface area contributed by atoms with Crippen LogP contribution in [0, 0.1) is 20.8 Å². The van der Waals surface area contributed by atoms with Gasteiger partial charge in [-0.2, -0.15) is 0 Å². The molecule has 0 aliphatic carbocycles. The van der Waals surface area contributed by atoms with E-state index in [1.165, 1.54) is 27.8 Å². The van der Waals surface area contributed by atoms with Crippen LogP contribution in [-0.2, 0) is 6.54 Å². The fraction of sp³-hybridized carbons (Fsp3) is 0.294. The molecule has 0 heterocycles. The molecule has 1 nitrogen and oxygen atoms in total. The molecule has 2 heteroatoms. The molecule has 0 aliphatic rings. The number of aryl methyl sites for hydroxylation is 3. The van der Waals surface area contributed by atoms with Crippen molar-refractivity contribution in [2.45, 2.75) is 27.3 Å². The number of rotatable bonds is 3. The van der Waals surface area contributed by atoms with Crippen molar-refractivity contribution in [1.29, 1.82) is 0 Å². The summed E-state index contributed by atoms with van der Waals surface area (Å²) in [5, 5.41) is 4.03. The quantitative estimate of drug-likeness (QED) is 0.858. The molecule has 0 saturated carbocycles. The predicted molar refractivity (Wildman–Crippen MR) is 83.9 cm³/mol. The van der Waals surface area contributed by atoms with Crippen molar-refractivity contribution >= 4 is 11.6 Å². The summed E-state index contributed by atoms with van der Waals surface area (Å²) >= 11 is 6.18. The van der Waals surface area contributed by atoms with Crippen molar-refractivity contribution in [1.82, 2.24) is 5.32 Å².